The zero-order valence-electron chi connectivity index (χ0n) is 15.6. The van der Waals surface area contributed by atoms with Gasteiger partial charge in [0.05, 0.1) is 37.4 Å². The van der Waals surface area contributed by atoms with E-state index in [4.69, 9.17) is 25.8 Å². The van der Waals surface area contributed by atoms with E-state index in [9.17, 15) is 4.79 Å². The Morgan fingerprint density at radius 2 is 2.00 bits per heavy atom. The first-order valence-corrected chi connectivity index (χ1v) is 10.0. The van der Waals surface area contributed by atoms with E-state index in [1.54, 1.807) is 18.3 Å². The number of aromatic nitrogens is 2. The van der Waals surface area contributed by atoms with Crippen LogP contribution in [0.5, 0.6) is 5.75 Å². The van der Waals surface area contributed by atoms with Crippen molar-refractivity contribution >= 4 is 17.3 Å². The van der Waals surface area contributed by atoms with Gasteiger partial charge in [0.1, 0.15) is 16.9 Å². The van der Waals surface area contributed by atoms with Crippen LogP contribution in [-0.4, -0.2) is 48.9 Å². The maximum Gasteiger partial charge on any atom is 0.292 e. The van der Waals surface area contributed by atoms with Crippen molar-refractivity contribution in [3.8, 4) is 11.4 Å². The van der Waals surface area contributed by atoms with E-state index in [2.05, 4.69) is 10.4 Å². The highest BCUT2D eigenvalue weighted by atomic mass is 35.5. The lowest BCUT2D eigenvalue weighted by Crippen LogP contribution is -2.26. The Balaban J connectivity index is 1.44. The largest absolute Gasteiger partial charge is 0.488 e. The van der Waals surface area contributed by atoms with Gasteiger partial charge in [-0.1, -0.05) is 11.6 Å². The van der Waals surface area contributed by atoms with Crippen molar-refractivity contribution < 1.29 is 14.2 Å². The van der Waals surface area contributed by atoms with Gasteiger partial charge in [0.2, 0.25) is 0 Å². The fourth-order valence-electron chi connectivity index (χ4n) is 3.43. The van der Waals surface area contributed by atoms with Gasteiger partial charge in [-0.2, -0.15) is 9.78 Å². The summed E-state index contributed by atoms with van der Waals surface area (Å²) in [5.74, 6) is 1.16. The van der Waals surface area contributed by atoms with E-state index in [1.165, 1.54) is 4.68 Å². The van der Waals surface area contributed by atoms with E-state index in [0.29, 0.717) is 30.4 Å². The zero-order valence-corrected chi connectivity index (χ0v) is 16.4. The van der Waals surface area contributed by atoms with Gasteiger partial charge in [0.25, 0.3) is 5.56 Å². The van der Waals surface area contributed by atoms with Crippen molar-refractivity contribution in [3.63, 3.8) is 0 Å². The van der Waals surface area contributed by atoms with E-state index in [-0.39, 0.29) is 16.7 Å². The normalized spacial score (nSPS) is 22.2. The summed E-state index contributed by atoms with van der Waals surface area (Å²) in [7, 11) is 0. The molecule has 2 aliphatic rings. The first-order valence-electron chi connectivity index (χ1n) is 9.65. The molecule has 2 aromatic rings. The van der Waals surface area contributed by atoms with Crippen LogP contribution < -0.4 is 15.6 Å². The maximum atomic E-state index is 12.7. The molecule has 0 aliphatic carbocycles. The second-order valence-corrected chi connectivity index (χ2v) is 7.53. The minimum atomic E-state index is -0.357. The molecule has 1 aromatic carbocycles. The van der Waals surface area contributed by atoms with E-state index in [1.807, 2.05) is 12.1 Å². The summed E-state index contributed by atoms with van der Waals surface area (Å²) in [5.41, 5.74) is 0.827. The predicted molar refractivity (Wildman–Crippen MR) is 107 cm³/mol. The minimum absolute atomic E-state index is 0.0843. The van der Waals surface area contributed by atoms with Gasteiger partial charge in [-0.05, 0) is 43.0 Å². The first kappa shape index (κ1) is 19.2. The summed E-state index contributed by atoms with van der Waals surface area (Å²) in [6.45, 7) is 3.61. The number of hydrogen-bond acceptors (Lipinski definition) is 6. The van der Waals surface area contributed by atoms with Crippen LogP contribution in [-0.2, 0) is 9.47 Å². The van der Waals surface area contributed by atoms with Crippen LogP contribution in [0.4, 0.5) is 5.69 Å². The average Bonchev–Trinajstić information content (AvgIpc) is 3.24. The molecule has 3 heterocycles. The molecule has 150 valence electrons. The van der Waals surface area contributed by atoms with E-state index >= 15 is 0 Å². The molecule has 0 saturated carbocycles. The standard InChI is InChI=1S/C20H24ClN3O4/c21-19-18(22-10-14-2-1-8-26-12-14)11-23-24(20(19)25)15-3-5-16(6-4-15)28-17-7-9-27-13-17/h3-6,11,14,17,22H,1-2,7-10,12-13H2/t14-,17?/m1/s1. The van der Waals surface area contributed by atoms with Crippen LogP contribution in [0.3, 0.4) is 0 Å². The number of nitrogens with zero attached hydrogens (tertiary/aromatic N) is 2. The summed E-state index contributed by atoms with van der Waals surface area (Å²) in [4.78, 5) is 12.7. The van der Waals surface area contributed by atoms with Gasteiger partial charge >= 0.3 is 0 Å². The Labute approximate surface area is 168 Å². The van der Waals surface area contributed by atoms with Crippen LogP contribution >= 0.6 is 11.6 Å². The molecule has 2 atom stereocenters. The Morgan fingerprint density at radius 1 is 1.18 bits per heavy atom. The summed E-state index contributed by atoms with van der Waals surface area (Å²) < 4.78 is 17.9. The lowest BCUT2D eigenvalue weighted by molar-refractivity contribution is 0.0595. The molecule has 1 unspecified atom stereocenters. The maximum absolute atomic E-state index is 12.7. The Kier molecular flexibility index (Phi) is 6.14. The highest BCUT2D eigenvalue weighted by Crippen LogP contribution is 2.21. The monoisotopic (exact) mass is 405 g/mol. The number of halogens is 1. The molecule has 2 fully saturated rings. The molecule has 1 aromatic heterocycles. The lowest BCUT2D eigenvalue weighted by atomic mass is 10.0. The summed E-state index contributed by atoms with van der Waals surface area (Å²) in [6.07, 6.45) is 4.73. The van der Waals surface area contributed by atoms with Crippen LogP contribution in [0.25, 0.3) is 5.69 Å². The molecular formula is C20H24ClN3O4. The van der Waals surface area contributed by atoms with Crippen molar-refractivity contribution in [3.05, 3.63) is 45.8 Å². The highest BCUT2D eigenvalue weighted by molar-refractivity contribution is 6.32. The molecule has 0 amide bonds. The fraction of sp³-hybridized carbons (Fsp3) is 0.500. The number of anilines is 1. The molecule has 0 spiro atoms. The smallest absolute Gasteiger partial charge is 0.292 e. The summed E-state index contributed by atoms with van der Waals surface area (Å²) in [6, 6.07) is 7.24. The molecule has 0 bridgehead atoms. The lowest BCUT2D eigenvalue weighted by Gasteiger charge is -2.22. The average molecular weight is 406 g/mol. The SMILES string of the molecule is O=c1c(Cl)c(NC[C@H]2CCCOC2)cnn1-c1ccc(OC2CCOC2)cc1. The number of benzene rings is 1. The van der Waals surface area contributed by atoms with Gasteiger partial charge in [-0.3, -0.25) is 4.79 Å². The van der Waals surface area contributed by atoms with Gasteiger partial charge in [0, 0.05) is 19.6 Å². The molecular weight excluding hydrogens is 382 g/mol. The molecule has 28 heavy (non-hydrogen) atoms. The van der Waals surface area contributed by atoms with Crippen molar-refractivity contribution in [2.75, 3.05) is 38.3 Å². The summed E-state index contributed by atoms with van der Waals surface area (Å²) >= 11 is 6.30. The molecule has 8 heteroatoms. The van der Waals surface area contributed by atoms with Crippen molar-refractivity contribution in [1.82, 2.24) is 9.78 Å². The predicted octanol–water partition coefficient (Wildman–Crippen LogP) is 2.89. The second kappa shape index (κ2) is 8.94. The number of nitrogens with one attached hydrogen (secondary N) is 1. The molecule has 7 nitrogen and oxygen atoms in total. The van der Waals surface area contributed by atoms with E-state index < -0.39 is 0 Å². The van der Waals surface area contributed by atoms with Crippen LogP contribution in [0, 0.1) is 5.92 Å². The number of rotatable bonds is 6. The Bertz CT molecular complexity index is 844. The van der Waals surface area contributed by atoms with Crippen LogP contribution in [0.1, 0.15) is 19.3 Å². The van der Waals surface area contributed by atoms with Crippen LogP contribution in [0.2, 0.25) is 5.02 Å². The van der Waals surface area contributed by atoms with Crippen molar-refractivity contribution in [2.24, 2.45) is 5.92 Å². The highest BCUT2D eigenvalue weighted by Gasteiger charge is 2.18. The third-order valence-corrected chi connectivity index (χ3v) is 5.39. The third-order valence-electron chi connectivity index (χ3n) is 5.03. The fourth-order valence-corrected chi connectivity index (χ4v) is 3.62. The third kappa shape index (κ3) is 4.48. The quantitative estimate of drug-likeness (QED) is 0.796. The van der Waals surface area contributed by atoms with Gasteiger partial charge in [-0.25, -0.2) is 0 Å². The topological polar surface area (TPSA) is 74.6 Å². The van der Waals surface area contributed by atoms with E-state index in [0.717, 1.165) is 44.8 Å². The number of ether oxygens (including phenoxy) is 3. The van der Waals surface area contributed by atoms with Crippen molar-refractivity contribution in [1.29, 1.82) is 0 Å². The molecule has 1 N–H and O–H groups in total. The zero-order chi connectivity index (χ0) is 19.3. The summed E-state index contributed by atoms with van der Waals surface area (Å²) in [5, 5.41) is 7.64. The molecule has 2 saturated heterocycles. The first-order chi connectivity index (χ1) is 13.7. The molecule has 0 radical (unpaired) electrons. The van der Waals surface area contributed by atoms with Gasteiger partial charge in [-0.15, -0.1) is 0 Å². The van der Waals surface area contributed by atoms with Gasteiger partial charge < -0.3 is 19.5 Å². The molecule has 4 rings (SSSR count). The minimum Gasteiger partial charge on any atom is -0.488 e. The Hall–Kier alpha value is -2.09. The van der Waals surface area contributed by atoms with Crippen molar-refractivity contribution in [2.45, 2.75) is 25.4 Å². The second-order valence-electron chi connectivity index (χ2n) is 7.15. The van der Waals surface area contributed by atoms with Gasteiger partial charge in [0.15, 0.2) is 0 Å². The Morgan fingerprint density at radius 3 is 2.71 bits per heavy atom. The molecule has 2 aliphatic heterocycles. The van der Waals surface area contributed by atoms with Crippen LogP contribution in [0.15, 0.2) is 35.3 Å². The number of hydrogen-bond donors (Lipinski definition) is 1.